The van der Waals surface area contributed by atoms with E-state index in [1.165, 1.54) is 0 Å². The predicted octanol–water partition coefficient (Wildman–Crippen LogP) is 3.94. The fourth-order valence-electron chi connectivity index (χ4n) is 2.53. The van der Waals surface area contributed by atoms with Crippen LogP contribution >= 0.6 is 11.8 Å². The van der Waals surface area contributed by atoms with Crippen LogP contribution in [0.1, 0.15) is 32.2 Å². The van der Waals surface area contributed by atoms with E-state index < -0.39 is 0 Å². The molecule has 1 amide bonds. The molecule has 1 N–H and O–H groups in total. The van der Waals surface area contributed by atoms with Gasteiger partial charge in [0.15, 0.2) is 5.65 Å². The van der Waals surface area contributed by atoms with Crippen LogP contribution in [0, 0.1) is 0 Å². The zero-order chi connectivity index (χ0) is 18.7. The van der Waals surface area contributed by atoms with E-state index in [4.69, 9.17) is 0 Å². The van der Waals surface area contributed by atoms with Crippen LogP contribution in [-0.4, -0.2) is 27.6 Å². The van der Waals surface area contributed by atoms with Gasteiger partial charge in [-0.2, -0.15) is 0 Å². The van der Waals surface area contributed by atoms with Gasteiger partial charge in [-0.05, 0) is 29.8 Å². The molecule has 0 bridgehead atoms. The van der Waals surface area contributed by atoms with E-state index in [0.717, 1.165) is 26.8 Å². The molecular formula is C20H22N4OS. The van der Waals surface area contributed by atoms with E-state index in [2.05, 4.69) is 48.5 Å². The summed E-state index contributed by atoms with van der Waals surface area (Å²) in [6.07, 6.45) is 5.44. The molecule has 0 saturated carbocycles. The minimum absolute atomic E-state index is 0.0864. The number of benzene rings is 1. The number of likely N-dealkylation sites (N-methyl/N-ethyl adjacent to an activating group) is 1. The SMILES string of the molecule is CNC(=O)C=Cc1ccccc1Sc1ccc2nnc(C(C)(C)C)n2c1. The number of nitrogens with zero attached hydrogens (tertiary/aromatic N) is 3. The van der Waals surface area contributed by atoms with Crippen molar-refractivity contribution in [1.82, 2.24) is 19.9 Å². The van der Waals surface area contributed by atoms with Gasteiger partial charge in [-0.1, -0.05) is 50.7 Å². The number of carbonyl (C=O) groups excluding carboxylic acids is 1. The van der Waals surface area contributed by atoms with Crippen LogP contribution in [0.3, 0.4) is 0 Å². The summed E-state index contributed by atoms with van der Waals surface area (Å²) in [5.41, 5.74) is 1.75. The predicted molar refractivity (Wildman–Crippen MR) is 105 cm³/mol. The lowest BCUT2D eigenvalue weighted by Gasteiger charge is -2.16. The number of amides is 1. The Morgan fingerprint density at radius 3 is 2.65 bits per heavy atom. The zero-order valence-electron chi connectivity index (χ0n) is 15.4. The lowest BCUT2D eigenvalue weighted by Crippen LogP contribution is -2.15. The summed E-state index contributed by atoms with van der Waals surface area (Å²) < 4.78 is 2.05. The van der Waals surface area contributed by atoms with Crippen LogP contribution in [0.25, 0.3) is 11.7 Å². The molecule has 3 rings (SSSR count). The van der Waals surface area contributed by atoms with Crippen molar-refractivity contribution in [3.8, 4) is 0 Å². The van der Waals surface area contributed by atoms with Gasteiger partial charge < -0.3 is 5.32 Å². The Bertz CT molecular complexity index is 969. The fourth-order valence-corrected chi connectivity index (χ4v) is 3.48. The first kappa shape index (κ1) is 18.2. The molecule has 0 spiro atoms. The quantitative estimate of drug-likeness (QED) is 0.711. The third kappa shape index (κ3) is 3.96. The molecule has 0 saturated heterocycles. The number of hydrogen-bond donors (Lipinski definition) is 1. The Kier molecular flexibility index (Phi) is 5.13. The smallest absolute Gasteiger partial charge is 0.243 e. The highest BCUT2D eigenvalue weighted by Crippen LogP contribution is 2.32. The number of rotatable bonds is 4. The van der Waals surface area contributed by atoms with Crippen LogP contribution in [0.4, 0.5) is 0 Å². The summed E-state index contributed by atoms with van der Waals surface area (Å²) in [6.45, 7) is 6.38. The first-order chi connectivity index (χ1) is 12.4. The Morgan fingerprint density at radius 2 is 1.92 bits per heavy atom. The summed E-state index contributed by atoms with van der Waals surface area (Å²) >= 11 is 1.65. The topological polar surface area (TPSA) is 59.3 Å². The highest BCUT2D eigenvalue weighted by Gasteiger charge is 2.20. The Balaban J connectivity index is 1.95. The van der Waals surface area contributed by atoms with Crippen molar-refractivity contribution in [2.24, 2.45) is 0 Å². The van der Waals surface area contributed by atoms with Crippen LogP contribution in [0.2, 0.25) is 0 Å². The minimum atomic E-state index is -0.120. The van der Waals surface area contributed by atoms with Crippen LogP contribution < -0.4 is 5.32 Å². The van der Waals surface area contributed by atoms with Gasteiger partial charge in [-0.15, -0.1) is 10.2 Å². The van der Waals surface area contributed by atoms with Crippen LogP contribution in [0.5, 0.6) is 0 Å². The fraction of sp³-hybridized carbons (Fsp3) is 0.250. The molecule has 0 radical (unpaired) electrons. The number of hydrogen-bond acceptors (Lipinski definition) is 4. The highest BCUT2D eigenvalue weighted by molar-refractivity contribution is 7.99. The van der Waals surface area contributed by atoms with Crippen molar-refractivity contribution in [1.29, 1.82) is 0 Å². The Morgan fingerprint density at radius 1 is 1.15 bits per heavy atom. The summed E-state index contributed by atoms with van der Waals surface area (Å²) in [5.74, 6) is 0.813. The van der Waals surface area contributed by atoms with Gasteiger partial charge in [0, 0.05) is 34.5 Å². The third-order valence-corrected chi connectivity index (χ3v) is 4.92. The molecule has 26 heavy (non-hydrogen) atoms. The normalized spacial score (nSPS) is 12.0. The van der Waals surface area contributed by atoms with E-state index in [9.17, 15) is 4.79 Å². The lowest BCUT2D eigenvalue weighted by molar-refractivity contribution is -0.115. The summed E-state index contributed by atoms with van der Waals surface area (Å²) in [5, 5.41) is 11.2. The molecule has 0 aliphatic heterocycles. The first-order valence-electron chi connectivity index (χ1n) is 8.40. The van der Waals surface area contributed by atoms with Gasteiger partial charge in [0.05, 0.1) is 0 Å². The van der Waals surface area contributed by atoms with Gasteiger partial charge in [-0.25, -0.2) is 0 Å². The standard InChI is InChI=1S/C20H22N4OS/c1-20(2,3)19-23-22-17-11-10-15(13-24(17)19)26-16-8-6-5-7-14(16)9-12-18(25)21-4/h5-13H,1-4H3,(H,21,25). The minimum Gasteiger partial charge on any atom is -0.356 e. The van der Waals surface area contributed by atoms with E-state index in [1.54, 1.807) is 24.9 Å². The maximum atomic E-state index is 11.5. The maximum absolute atomic E-state index is 11.5. The van der Waals surface area contributed by atoms with E-state index in [0.29, 0.717) is 0 Å². The van der Waals surface area contributed by atoms with Crippen molar-refractivity contribution in [2.75, 3.05) is 7.05 Å². The molecule has 0 aliphatic carbocycles. The molecule has 5 nitrogen and oxygen atoms in total. The monoisotopic (exact) mass is 366 g/mol. The average molecular weight is 366 g/mol. The number of pyridine rings is 1. The van der Waals surface area contributed by atoms with Gasteiger partial charge in [0.25, 0.3) is 0 Å². The highest BCUT2D eigenvalue weighted by atomic mass is 32.2. The van der Waals surface area contributed by atoms with Crippen LogP contribution in [0.15, 0.2) is 58.5 Å². The van der Waals surface area contributed by atoms with Crippen molar-refractivity contribution >= 4 is 29.4 Å². The Hall–Kier alpha value is -2.60. The summed E-state index contributed by atoms with van der Waals surface area (Å²) in [7, 11) is 1.62. The van der Waals surface area contributed by atoms with Gasteiger partial charge >= 0.3 is 0 Å². The van der Waals surface area contributed by atoms with E-state index in [-0.39, 0.29) is 11.3 Å². The lowest BCUT2D eigenvalue weighted by atomic mass is 9.96. The van der Waals surface area contributed by atoms with E-state index in [1.807, 2.05) is 40.8 Å². The average Bonchev–Trinajstić information content (AvgIpc) is 3.04. The molecule has 134 valence electrons. The number of carbonyl (C=O) groups is 1. The second kappa shape index (κ2) is 7.33. The molecule has 0 atom stereocenters. The summed E-state index contributed by atoms with van der Waals surface area (Å²) in [4.78, 5) is 13.6. The molecule has 3 aromatic rings. The second-order valence-electron chi connectivity index (χ2n) is 6.95. The summed E-state index contributed by atoms with van der Waals surface area (Å²) in [6, 6.07) is 12.0. The maximum Gasteiger partial charge on any atom is 0.243 e. The molecular weight excluding hydrogens is 344 g/mol. The number of fused-ring (bicyclic) bond motifs is 1. The Labute approximate surface area is 157 Å². The first-order valence-corrected chi connectivity index (χ1v) is 9.22. The third-order valence-electron chi connectivity index (χ3n) is 3.85. The zero-order valence-corrected chi connectivity index (χ0v) is 16.2. The molecule has 6 heteroatoms. The van der Waals surface area contributed by atoms with Crippen LogP contribution in [-0.2, 0) is 10.2 Å². The molecule has 2 heterocycles. The largest absolute Gasteiger partial charge is 0.356 e. The van der Waals surface area contributed by atoms with Gasteiger partial charge in [0.2, 0.25) is 5.91 Å². The number of aromatic nitrogens is 3. The van der Waals surface area contributed by atoms with Gasteiger partial charge in [0.1, 0.15) is 5.82 Å². The van der Waals surface area contributed by atoms with Gasteiger partial charge in [-0.3, -0.25) is 9.20 Å². The van der Waals surface area contributed by atoms with Crippen molar-refractivity contribution < 1.29 is 4.79 Å². The van der Waals surface area contributed by atoms with Crippen molar-refractivity contribution in [3.63, 3.8) is 0 Å². The van der Waals surface area contributed by atoms with Crippen molar-refractivity contribution in [2.45, 2.75) is 36.0 Å². The molecule has 0 fully saturated rings. The molecule has 0 unspecified atom stereocenters. The second-order valence-corrected chi connectivity index (χ2v) is 8.07. The molecule has 2 aromatic heterocycles. The van der Waals surface area contributed by atoms with Crippen molar-refractivity contribution in [3.05, 3.63) is 60.1 Å². The number of nitrogens with one attached hydrogen (secondary N) is 1. The molecule has 0 aliphatic rings. The molecule has 1 aromatic carbocycles. The van der Waals surface area contributed by atoms with E-state index >= 15 is 0 Å².